The summed E-state index contributed by atoms with van der Waals surface area (Å²) in [5, 5.41) is 42.3. The second-order valence-electron chi connectivity index (χ2n) is 9.28. The van der Waals surface area contributed by atoms with Crippen molar-refractivity contribution in [3.05, 3.63) is 57.2 Å². The third kappa shape index (κ3) is 3.78. The number of carbonyl (C=O) groups is 3. The van der Waals surface area contributed by atoms with Crippen molar-refractivity contribution in [2.45, 2.75) is 50.4 Å². The van der Waals surface area contributed by atoms with Gasteiger partial charge in [0.1, 0.15) is 17.2 Å². The summed E-state index contributed by atoms with van der Waals surface area (Å²) in [6.07, 6.45) is -2.79. The Morgan fingerprint density at radius 2 is 1.81 bits per heavy atom. The number of ketones is 2. The summed E-state index contributed by atoms with van der Waals surface area (Å²) in [7, 11) is 1.34. The second kappa shape index (κ2) is 8.96. The Labute approximate surface area is 210 Å². The van der Waals surface area contributed by atoms with Gasteiger partial charge in [0, 0.05) is 41.1 Å². The molecule has 5 atom stereocenters. The Morgan fingerprint density at radius 1 is 1.11 bits per heavy atom. The molecule has 11 nitrogen and oxygen atoms in total. The summed E-state index contributed by atoms with van der Waals surface area (Å²) in [6.45, 7) is 1.60. The summed E-state index contributed by atoms with van der Waals surface area (Å²) < 4.78 is 17.0. The minimum Gasteiger partial charge on any atom is -0.507 e. The number of aliphatic hydroxyl groups excluding tert-OH is 1. The molecule has 0 spiro atoms. The first-order valence-electron chi connectivity index (χ1n) is 11.6. The number of fused-ring (bicyclic) bond motifs is 3. The van der Waals surface area contributed by atoms with Crippen molar-refractivity contribution in [2.24, 2.45) is 5.73 Å². The highest BCUT2D eigenvalue weighted by molar-refractivity contribution is 6.31. The smallest absolute Gasteiger partial charge is 0.331 e. The molecule has 0 bridgehead atoms. The molecule has 0 saturated carbocycles. The molecule has 194 valence electrons. The number of aliphatic carboxylic acids is 1. The number of carbonyl (C=O) groups excluding carboxylic acids is 2. The van der Waals surface area contributed by atoms with Crippen LogP contribution in [0.15, 0.2) is 23.8 Å². The van der Waals surface area contributed by atoms with E-state index in [-0.39, 0.29) is 46.4 Å². The lowest BCUT2D eigenvalue weighted by atomic mass is 9.77. The van der Waals surface area contributed by atoms with Crippen molar-refractivity contribution < 1.29 is 49.0 Å². The largest absolute Gasteiger partial charge is 0.507 e. The third-order valence-corrected chi connectivity index (χ3v) is 7.08. The lowest BCUT2D eigenvalue weighted by molar-refractivity contribution is -0.240. The van der Waals surface area contributed by atoms with Gasteiger partial charge in [0.15, 0.2) is 12.1 Å². The predicted molar refractivity (Wildman–Crippen MR) is 127 cm³/mol. The number of ether oxygens (including phenoxy) is 3. The first-order chi connectivity index (χ1) is 17.5. The number of aliphatic hydroxyl groups is 1. The Balaban J connectivity index is 1.68. The summed E-state index contributed by atoms with van der Waals surface area (Å²) in [4.78, 5) is 38.9. The molecule has 3 aliphatic rings. The van der Waals surface area contributed by atoms with E-state index in [1.807, 2.05) is 0 Å². The van der Waals surface area contributed by atoms with Gasteiger partial charge in [-0.1, -0.05) is 12.1 Å². The highest BCUT2D eigenvalue weighted by Crippen LogP contribution is 2.51. The zero-order valence-corrected chi connectivity index (χ0v) is 19.9. The molecule has 6 N–H and O–H groups in total. The summed E-state index contributed by atoms with van der Waals surface area (Å²) in [6, 6.07) is 3.74. The molecule has 1 heterocycles. The van der Waals surface area contributed by atoms with Crippen LogP contribution in [0.3, 0.4) is 0 Å². The van der Waals surface area contributed by atoms with Crippen LogP contribution in [0.1, 0.15) is 68.8 Å². The van der Waals surface area contributed by atoms with Crippen molar-refractivity contribution >= 4 is 23.6 Å². The molecule has 37 heavy (non-hydrogen) atoms. The molecule has 1 aliphatic heterocycles. The molecule has 1 saturated heterocycles. The van der Waals surface area contributed by atoms with E-state index in [1.165, 1.54) is 25.3 Å². The molecule has 2 aromatic carbocycles. The van der Waals surface area contributed by atoms with Gasteiger partial charge in [0.05, 0.1) is 42.1 Å². The van der Waals surface area contributed by atoms with Gasteiger partial charge in [0.2, 0.25) is 5.78 Å². The van der Waals surface area contributed by atoms with Gasteiger partial charge in [0.25, 0.3) is 0 Å². The van der Waals surface area contributed by atoms with Gasteiger partial charge in [-0.15, -0.1) is 0 Å². The fourth-order valence-corrected chi connectivity index (χ4v) is 5.22. The van der Waals surface area contributed by atoms with Crippen LogP contribution >= 0.6 is 0 Å². The van der Waals surface area contributed by atoms with Crippen LogP contribution in [-0.2, 0) is 14.3 Å². The first-order valence-corrected chi connectivity index (χ1v) is 11.6. The molecule has 5 rings (SSSR count). The zero-order valence-electron chi connectivity index (χ0n) is 19.9. The van der Waals surface area contributed by atoms with E-state index in [0.29, 0.717) is 0 Å². The summed E-state index contributed by atoms with van der Waals surface area (Å²) in [5.74, 6) is -3.90. The number of aromatic hydroxyl groups is 2. The molecular formula is C26H25NO10. The molecule has 0 radical (unpaired) electrons. The summed E-state index contributed by atoms with van der Waals surface area (Å²) in [5.41, 5.74) is 4.69. The lowest BCUT2D eigenvalue weighted by Crippen LogP contribution is -2.51. The average molecular weight is 511 g/mol. The van der Waals surface area contributed by atoms with E-state index in [2.05, 4.69) is 0 Å². The van der Waals surface area contributed by atoms with Crippen molar-refractivity contribution in [3.8, 4) is 17.2 Å². The SMILES string of the molecule is COc1cccc2c1C(=O)c1c(O)c3c(c(O)c1C2=O)C=C(C(=O)O)C[C@@H]3O[C@H]1C[C@H](N)[C@H](O)[C@H](C)O1. The van der Waals surface area contributed by atoms with Gasteiger partial charge < -0.3 is 40.4 Å². The summed E-state index contributed by atoms with van der Waals surface area (Å²) >= 11 is 0. The number of hydrogen-bond acceptors (Lipinski definition) is 10. The minimum absolute atomic E-state index is 0.0188. The standard InChI is InChI=1S/C26H25NO10/c1-9-21(28)13(27)8-16(36-9)37-15-7-10(26(33)34)6-12-18(15)25(32)20-19(23(12)30)22(29)11-4-3-5-14(35-2)17(11)24(20)31/h3-6,9,13,15-16,21,28,30,32H,7-8,27H2,1-2H3,(H,33,34)/t9-,13-,15-,16-,21+/m0/s1. The molecule has 2 aromatic rings. The monoisotopic (exact) mass is 511 g/mol. The topological polar surface area (TPSA) is 186 Å². The van der Waals surface area contributed by atoms with Crippen molar-refractivity contribution in [1.29, 1.82) is 0 Å². The molecule has 1 fully saturated rings. The Bertz CT molecular complexity index is 1370. The molecular weight excluding hydrogens is 486 g/mol. The van der Waals surface area contributed by atoms with Crippen LogP contribution in [0, 0.1) is 0 Å². The molecule has 0 unspecified atom stereocenters. The predicted octanol–water partition coefficient (Wildman–Crippen LogP) is 1.63. The number of hydrogen-bond donors (Lipinski definition) is 5. The maximum absolute atomic E-state index is 13.6. The Hall–Kier alpha value is -3.77. The van der Waals surface area contributed by atoms with Crippen molar-refractivity contribution in [3.63, 3.8) is 0 Å². The minimum atomic E-state index is -1.29. The van der Waals surface area contributed by atoms with Crippen molar-refractivity contribution in [1.82, 2.24) is 0 Å². The van der Waals surface area contributed by atoms with E-state index >= 15 is 0 Å². The highest BCUT2D eigenvalue weighted by atomic mass is 16.7. The second-order valence-corrected chi connectivity index (χ2v) is 9.28. The van der Waals surface area contributed by atoms with Crippen molar-refractivity contribution in [2.75, 3.05) is 7.11 Å². The van der Waals surface area contributed by atoms with Crippen LogP contribution in [0.25, 0.3) is 6.08 Å². The number of phenols is 2. The molecule has 11 heteroatoms. The molecule has 0 aromatic heterocycles. The maximum Gasteiger partial charge on any atom is 0.331 e. The number of rotatable bonds is 4. The first kappa shape index (κ1) is 24.9. The van der Waals surface area contributed by atoms with Gasteiger partial charge in [-0.2, -0.15) is 0 Å². The fourth-order valence-electron chi connectivity index (χ4n) is 5.22. The Morgan fingerprint density at radius 3 is 2.46 bits per heavy atom. The third-order valence-electron chi connectivity index (χ3n) is 7.08. The van der Waals surface area contributed by atoms with Gasteiger partial charge in [-0.25, -0.2) is 4.79 Å². The molecule has 2 aliphatic carbocycles. The van der Waals surface area contributed by atoms with E-state index in [1.54, 1.807) is 6.92 Å². The van der Waals surface area contributed by atoms with Crippen LogP contribution < -0.4 is 10.5 Å². The normalized spacial score (nSPS) is 26.6. The van der Waals surface area contributed by atoms with E-state index in [0.717, 1.165) is 6.08 Å². The van der Waals surface area contributed by atoms with E-state index < -0.39 is 70.8 Å². The number of benzene rings is 2. The van der Waals surface area contributed by atoms with E-state index in [9.17, 15) is 34.8 Å². The lowest BCUT2D eigenvalue weighted by Gasteiger charge is -2.38. The quantitative estimate of drug-likeness (QED) is 0.321. The van der Waals surface area contributed by atoms with Gasteiger partial charge >= 0.3 is 5.97 Å². The number of nitrogens with two attached hydrogens (primary N) is 1. The zero-order chi connectivity index (χ0) is 26.8. The highest BCUT2D eigenvalue weighted by Gasteiger charge is 2.43. The number of carboxylic acid groups (broad SMARTS) is 1. The maximum atomic E-state index is 13.6. The van der Waals surface area contributed by atoms with Crippen LogP contribution in [-0.4, -0.2) is 69.6 Å². The fraction of sp³-hybridized carbons (Fsp3) is 0.346. The van der Waals surface area contributed by atoms with Crippen LogP contribution in [0.2, 0.25) is 0 Å². The number of phenolic OH excluding ortho intramolecular Hbond substituents is 2. The number of methoxy groups -OCH3 is 1. The van der Waals surface area contributed by atoms with Gasteiger partial charge in [-0.3, -0.25) is 9.59 Å². The van der Waals surface area contributed by atoms with Crippen LogP contribution in [0.5, 0.6) is 17.2 Å². The van der Waals surface area contributed by atoms with E-state index in [4.69, 9.17) is 19.9 Å². The molecule has 0 amide bonds. The average Bonchev–Trinajstić information content (AvgIpc) is 2.86. The van der Waals surface area contributed by atoms with Crippen LogP contribution in [0.4, 0.5) is 0 Å². The Kier molecular flexibility index (Phi) is 6.03. The number of carboxylic acids is 1. The van der Waals surface area contributed by atoms with Gasteiger partial charge in [-0.05, 0) is 19.1 Å².